The molecule has 13 heteroatoms. The Morgan fingerprint density at radius 1 is 0.551 bits per heavy atom. The quantitative estimate of drug-likeness (QED) is 0.0589. The average Bonchev–Trinajstić information content (AvgIpc) is 3.44. The molecule has 1 aliphatic heterocycles. The maximum Gasteiger partial charge on any atom is 0.330 e. The molecule has 0 radical (unpaired) electrons. The van der Waals surface area contributed by atoms with E-state index in [-0.39, 0.29) is 79.3 Å². The fourth-order valence-corrected chi connectivity index (χ4v) is 6.70. The van der Waals surface area contributed by atoms with Crippen LogP contribution in [0, 0.1) is 11.8 Å². The predicted octanol–water partition coefficient (Wildman–Crippen LogP) is 2.37. The van der Waals surface area contributed by atoms with E-state index in [9.17, 15) is 19.2 Å². The number of carbonyl (C=O) groups excluding carboxylic acids is 4. The van der Waals surface area contributed by atoms with Crippen LogP contribution in [0.3, 0.4) is 0 Å². The van der Waals surface area contributed by atoms with Gasteiger partial charge in [-0.25, -0.2) is 9.59 Å². The molecule has 13 nitrogen and oxygen atoms in total. The van der Waals surface area contributed by atoms with Gasteiger partial charge in [-0.1, -0.05) is 61.7 Å². The van der Waals surface area contributed by atoms with Crippen LogP contribution in [0.1, 0.15) is 22.3 Å². The average molecular weight is 681 g/mol. The van der Waals surface area contributed by atoms with Gasteiger partial charge in [0.2, 0.25) is 0 Å². The molecule has 0 N–H and O–H groups in total. The minimum Gasteiger partial charge on any atom is -0.460 e. The largest absolute Gasteiger partial charge is 0.460 e. The molecule has 4 aliphatic rings. The zero-order chi connectivity index (χ0) is 34.7. The molecule has 2 unspecified atom stereocenters. The minimum absolute atomic E-state index is 0.102. The van der Waals surface area contributed by atoms with Gasteiger partial charge >= 0.3 is 23.9 Å². The summed E-state index contributed by atoms with van der Waals surface area (Å²) in [7, 11) is 0. The fourth-order valence-electron chi connectivity index (χ4n) is 6.70. The molecule has 2 aromatic rings. The van der Waals surface area contributed by atoms with Crippen LogP contribution in [0.15, 0.2) is 73.8 Å². The van der Waals surface area contributed by atoms with E-state index < -0.39 is 46.9 Å². The summed E-state index contributed by atoms with van der Waals surface area (Å²) < 4.78 is 50.7. The zero-order valence-electron chi connectivity index (χ0n) is 27.1. The van der Waals surface area contributed by atoms with Gasteiger partial charge in [0, 0.05) is 12.2 Å². The van der Waals surface area contributed by atoms with Gasteiger partial charge in [0.05, 0.1) is 66.1 Å². The van der Waals surface area contributed by atoms with Crippen molar-refractivity contribution in [1.82, 2.24) is 0 Å². The highest BCUT2D eigenvalue weighted by molar-refractivity contribution is 6.01. The highest BCUT2D eigenvalue weighted by Gasteiger charge is 2.74. The van der Waals surface area contributed by atoms with E-state index in [1.165, 1.54) is 0 Å². The molecule has 49 heavy (non-hydrogen) atoms. The van der Waals surface area contributed by atoms with Crippen LogP contribution in [0.4, 0.5) is 0 Å². The predicted molar refractivity (Wildman–Crippen MR) is 170 cm³/mol. The van der Waals surface area contributed by atoms with Gasteiger partial charge in [-0.05, 0) is 22.3 Å². The molecule has 0 aromatic heterocycles. The Balaban J connectivity index is 1.26. The zero-order valence-corrected chi connectivity index (χ0v) is 27.1. The van der Waals surface area contributed by atoms with Crippen LogP contribution in [0.5, 0.6) is 0 Å². The second-order valence-corrected chi connectivity index (χ2v) is 11.1. The third kappa shape index (κ3) is 7.37. The molecule has 6 rings (SSSR count). The molecule has 0 amide bonds. The molecule has 1 fully saturated rings. The summed E-state index contributed by atoms with van der Waals surface area (Å²) in [6, 6.07) is 15.0. The highest BCUT2D eigenvalue weighted by Crippen LogP contribution is 2.67. The lowest BCUT2D eigenvalue weighted by molar-refractivity contribution is -0.182. The van der Waals surface area contributed by atoms with Crippen molar-refractivity contribution in [3.63, 3.8) is 0 Å². The summed E-state index contributed by atoms with van der Waals surface area (Å²) in [6.45, 7) is 8.99. The molecule has 2 atom stereocenters. The normalized spacial score (nSPS) is 22.9. The maximum atomic E-state index is 13.5. The Morgan fingerprint density at radius 2 is 0.857 bits per heavy atom. The summed E-state index contributed by atoms with van der Waals surface area (Å²) in [4.78, 5) is 49.3. The summed E-state index contributed by atoms with van der Waals surface area (Å²) in [5.74, 6) is -4.39. The van der Waals surface area contributed by atoms with Gasteiger partial charge in [-0.2, -0.15) is 0 Å². The molecule has 0 saturated carbocycles. The standard InChI is InChI=1S/C36H40O13/c1-3-29(37)45-21-17-41-13-15-43-19-23-47-35-25-9-5-7-11-27(25)36(28-12-8-6-10-26(28)35,32-31(35)33(39)49-34(32)40)48-24-20-44-16-14-42-18-22-46-30(38)4-2/h3-12,31-32H,1-2,13-24H2. The first-order chi connectivity index (χ1) is 23.9. The molecular formula is C36H40O13. The van der Waals surface area contributed by atoms with Gasteiger partial charge in [0.15, 0.2) is 0 Å². The Hall–Kier alpha value is -4.24. The Morgan fingerprint density at radius 3 is 1.18 bits per heavy atom. The van der Waals surface area contributed by atoms with Crippen molar-refractivity contribution >= 4 is 23.9 Å². The lowest BCUT2D eigenvalue weighted by atomic mass is 9.50. The number of hydrogen-bond acceptors (Lipinski definition) is 13. The Bertz CT molecular complexity index is 1360. The van der Waals surface area contributed by atoms with Crippen LogP contribution in [0.2, 0.25) is 0 Å². The first-order valence-corrected chi connectivity index (χ1v) is 16.0. The Labute approximate surface area is 284 Å². The van der Waals surface area contributed by atoms with E-state index in [1.54, 1.807) is 0 Å². The van der Waals surface area contributed by atoms with Crippen molar-refractivity contribution in [1.29, 1.82) is 0 Å². The third-order valence-corrected chi connectivity index (χ3v) is 8.51. The van der Waals surface area contributed by atoms with Gasteiger partial charge in [-0.15, -0.1) is 0 Å². The first-order valence-electron chi connectivity index (χ1n) is 16.0. The monoisotopic (exact) mass is 680 g/mol. The van der Waals surface area contributed by atoms with Gasteiger partial charge in [0.1, 0.15) is 36.3 Å². The first kappa shape index (κ1) is 36.1. The summed E-state index contributed by atoms with van der Waals surface area (Å²) in [5, 5.41) is 0. The number of cyclic esters (lactones) is 2. The lowest BCUT2D eigenvalue weighted by Gasteiger charge is -2.58. The van der Waals surface area contributed by atoms with Crippen molar-refractivity contribution in [2.24, 2.45) is 11.8 Å². The third-order valence-electron chi connectivity index (χ3n) is 8.51. The fraction of sp³-hybridized carbons (Fsp3) is 0.444. The van der Waals surface area contributed by atoms with E-state index in [1.807, 2.05) is 48.5 Å². The van der Waals surface area contributed by atoms with Crippen molar-refractivity contribution < 1.29 is 61.8 Å². The van der Waals surface area contributed by atoms with Crippen molar-refractivity contribution in [3.05, 3.63) is 96.1 Å². The van der Waals surface area contributed by atoms with E-state index in [4.69, 9.17) is 42.6 Å². The lowest BCUT2D eigenvalue weighted by Crippen LogP contribution is -2.63. The highest BCUT2D eigenvalue weighted by atomic mass is 16.6. The molecule has 3 aliphatic carbocycles. The van der Waals surface area contributed by atoms with Gasteiger partial charge in [-0.3, -0.25) is 9.59 Å². The molecule has 2 bridgehead atoms. The summed E-state index contributed by atoms with van der Waals surface area (Å²) in [6.07, 6.45) is 2.17. The maximum absolute atomic E-state index is 13.5. The number of carbonyl (C=O) groups is 4. The Kier molecular flexibility index (Phi) is 12.5. The van der Waals surface area contributed by atoms with Crippen molar-refractivity contribution in [2.45, 2.75) is 11.2 Å². The molecule has 1 heterocycles. The van der Waals surface area contributed by atoms with Crippen LogP contribution in [-0.2, 0) is 73.0 Å². The minimum atomic E-state index is -1.32. The second-order valence-electron chi connectivity index (χ2n) is 11.1. The molecule has 1 saturated heterocycles. The summed E-state index contributed by atoms with van der Waals surface area (Å²) >= 11 is 0. The van der Waals surface area contributed by atoms with Crippen molar-refractivity contribution in [3.8, 4) is 0 Å². The van der Waals surface area contributed by atoms with E-state index in [0.29, 0.717) is 22.3 Å². The van der Waals surface area contributed by atoms with E-state index >= 15 is 0 Å². The number of esters is 4. The molecule has 2 aromatic carbocycles. The van der Waals surface area contributed by atoms with Crippen LogP contribution >= 0.6 is 0 Å². The second kappa shape index (κ2) is 16.9. The van der Waals surface area contributed by atoms with Crippen molar-refractivity contribution in [2.75, 3.05) is 79.3 Å². The SMILES string of the molecule is C=CC(=O)OCCOCCOCCOC12c3ccccc3C(OCCOCCOCCOC(=O)C=C)(c3ccccc31)C1C(=O)OC(=O)C12. The van der Waals surface area contributed by atoms with Gasteiger partial charge in [0.25, 0.3) is 0 Å². The number of hydrogen-bond donors (Lipinski definition) is 0. The number of rotatable bonds is 22. The van der Waals surface area contributed by atoms with E-state index in [0.717, 1.165) is 12.2 Å². The number of ether oxygens (including phenoxy) is 9. The van der Waals surface area contributed by atoms with Crippen LogP contribution in [-0.4, -0.2) is 103 Å². The van der Waals surface area contributed by atoms with E-state index in [2.05, 4.69) is 13.2 Å². The van der Waals surface area contributed by atoms with Crippen LogP contribution in [0.25, 0.3) is 0 Å². The summed E-state index contributed by atoms with van der Waals surface area (Å²) in [5.41, 5.74) is 0.205. The molecule has 0 spiro atoms. The van der Waals surface area contributed by atoms with Gasteiger partial charge < -0.3 is 42.6 Å². The number of benzene rings is 2. The topological polar surface area (TPSA) is 151 Å². The van der Waals surface area contributed by atoms with Crippen LogP contribution < -0.4 is 0 Å². The molecular weight excluding hydrogens is 640 g/mol. The molecule has 262 valence electrons. The smallest absolute Gasteiger partial charge is 0.330 e.